The van der Waals surface area contributed by atoms with Crippen molar-refractivity contribution in [3.8, 4) is 0 Å². The third-order valence-corrected chi connectivity index (χ3v) is 4.09. The minimum atomic E-state index is 0.435. The average Bonchev–Trinajstić information content (AvgIpc) is 2.49. The Morgan fingerprint density at radius 2 is 1.16 bits per heavy atom. The standard InChI is InChI=1S/C18H23N/c1-14(15(2)19-3)18(16-10-6-4-7-11-16)17-12-8-5-9-13-17/h4-15,18-19H,1-3H3. The van der Waals surface area contributed by atoms with Crippen molar-refractivity contribution in [2.45, 2.75) is 25.8 Å². The van der Waals surface area contributed by atoms with E-state index in [2.05, 4.69) is 79.8 Å². The highest BCUT2D eigenvalue weighted by Gasteiger charge is 2.24. The molecule has 0 aromatic heterocycles. The molecule has 0 heterocycles. The largest absolute Gasteiger partial charge is 0.317 e. The van der Waals surface area contributed by atoms with E-state index >= 15 is 0 Å². The molecule has 100 valence electrons. The summed E-state index contributed by atoms with van der Waals surface area (Å²) >= 11 is 0. The highest BCUT2D eigenvalue weighted by molar-refractivity contribution is 5.33. The third kappa shape index (κ3) is 3.24. The first kappa shape index (κ1) is 13.8. The maximum atomic E-state index is 3.38. The van der Waals surface area contributed by atoms with Crippen LogP contribution in [0.4, 0.5) is 0 Å². The summed E-state index contributed by atoms with van der Waals surface area (Å²) in [7, 11) is 2.04. The SMILES string of the molecule is CNC(C)C(C)C(c1ccccc1)c1ccccc1. The second-order valence-corrected chi connectivity index (χ2v) is 5.24. The number of nitrogens with one attached hydrogen (secondary N) is 1. The minimum absolute atomic E-state index is 0.435. The molecule has 2 atom stereocenters. The van der Waals surface area contributed by atoms with Gasteiger partial charge in [-0.1, -0.05) is 67.6 Å². The Morgan fingerprint density at radius 3 is 1.53 bits per heavy atom. The van der Waals surface area contributed by atoms with Crippen molar-refractivity contribution < 1.29 is 0 Å². The lowest BCUT2D eigenvalue weighted by atomic mass is 9.78. The van der Waals surface area contributed by atoms with Crippen LogP contribution in [-0.4, -0.2) is 13.1 Å². The van der Waals surface area contributed by atoms with E-state index in [1.807, 2.05) is 7.05 Å². The van der Waals surface area contributed by atoms with Gasteiger partial charge in [-0.25, -0.2) is 0 Å². The van der Waals surface area contributed by atoms with Crippen LogP contribution in [0.1, 0.15) is 30.9 Å². The summed E-state index contributed by atoms with van der Waals surface area (Å²) in [5.74, 6) is 0.972. The second-order valence-electron chi connectivity index (χ2n) is 5.24. The van der Waals surface area contributed by atoms with E-state index < -0.39 is 0 Å². The molecule has 0 aliphatic rings. The third-order valence-electron chi connectivity index (χ3n) is 4.09. The first-order valence-electron chi connectivity index (χ1n) is 7.01. The molecule has 0 aliphatic heterocycles. The van der Waals surface area contributed by atoms with Gasteiger partial charge < -0.3 is 5.32 Å². The van der Waals surface area contributed by atoms with Gasteiger partial charge in [0.2, 0.25) is 0 Å². The van der Waals surface area contributed by atoms with Crippen LogP contribution in [0.3, 0.4) is 0 Å². The molecular formula is C18H23N. The van der Waals surface area contributed by atoms with Crippen molar-refractivity contribution >= 4 is 0 Å². The lowest BCUT2D eigenvalue weighted by molar-refractivity contribution is 0.387. The molecule has 2 unspecified atom stereocenters. The van der Waals surface area contributed by atoms with Gasteiger partial charge in [0.1, 0.15) is 0 Å². The van der Waals surface area contributed by atoms with Gasteiger partial charge >= 0.3 is 0 Å². The van der Waals surface area contributed by atoms with Gasteiger partial charge in [-0.3, -0.25) is 0 Å². The van der Waals surface area contributed by atoms with Crippen molar-refractivity contribution in [3.05, 3.63) is 71.8 Å². The lowest BCUT2D eigenvalue weighted by Crippen LogP contribution is -2.33. The van der Waals surface area contributed by atoms with Crippen LogP contribution in [0.25, 0.3) is 0 Å². The molecule has 19 heavy (non-hydrogen) atoms. The lowest BCUT2D eigenvalue weighted by Gasteiger charge is -2.29. The molecule has 2 aromatic rings. The summed E-state index contributed by atoms with van der Waals surface area (Å²) in [6, 6.07) is 22.1. The van der Waals surface area contributed by atoms with Crippen molar-refractivity contribution in [1.29, 1.82) is 0 Å². The minimum Gasteiger partial charge on any atom is -0.317 e. The molecule has 1 nitrogen and oxygen atoms in total. The molecular weight excluding hydrogens is 230 g/mol. The van der Waals surface area contributed by atoms with Crippen molar-refractivity contribution in [2.24, 2.45) is 5.92 Å². The zero-order chi connectivity index (χ0) is 13.7. The van der Waals surface area contributed by atoms with Crippen LogP contribution < -0.4 is 5.32 Å². The Kier molecular flexibility index (Phi) is 4.75. The number of benzene rings is 2. The van der Waals surface area contributed by atoms with Gasteiger partial charge in [0, 0.05) is 12.0 Å². The van der Waals surface area contributed by atoms with Crippen LogP contribution in [0.15, 0.2) is 60.7 Å². The van der Waals surface area contributed by atoms with Gasteiger partial charge in [0.05, 0.1) is 0 Å². The Bertz CT molecular complexity index is 438. The van der Waals surface area contributed by atoms with Crippen molar-refractivity contribution in [3.63, 3.8) is 0 Å². The molecule has 1 heteroatoms. The van der Waals surface area contributed by atoms with Gasteiger partial charge in [-0.15, -0.1) is 0 Å². The topological polar surface area (TPSA) is 12.0 Å². The number of hydrogen-bond acceptors (Lipinski definition) is 1. The monoisotopic (exact) mass is 253 g/mol. The van der Waals surface area contributed by atoms with Crippen LogP contribution in [0, 0.1) is 5.92 Å². The molecule has 0 bridgehead atoms. The van der Waals surface area contributed by atoms with E-state index in [-0.39, 0.29) is 0 Å². The van der Waals surface area contributed by atoms with Crippen molar-refractivity contribution in [1.82, 2.24) is 5.32 Å². The summed E-state index contributed by atoms with van der Waals surface area (Å²) in [5.41, 5.74) is 2.78. The van der Waals surface area contributed by atoms with Gasteiger partial charge in [0.25, 0.3) is 0 Å². The maximum absolute atomic E-state index is 3.38. The fourth-order valence-electron chi connectivity index (χ4n) is 2.67. The Labute approximate surface area is 116 Å². The fraction of sp³-hybridized carbons (Fsp3) is 0.333. The normalized spacial score (nSPS) is 14.3. The van der Waals surface area contributed by atoms with Gasteiger partial charge in [-0.2, -0.15) is 0 Å². The molecule has 0 amide bonds. The molecule has 0 spiro atoms. The summed E-state index contributed by atoms with van der Waals surface area (Å²) in [4.78, 5) is 0. The summed E-state index contributed by atoms with van der Waals surface area (Å²) < 4.78 is 0. The molecule has 0 aliphatic carbocycles. The van der Waals surface area contributed by atoms with E-state index in [1.54, 1.807) is 0 Å². The van der Waals surface area contributed by atoms with E-state index in [9.17, 15) is 0 Å². The zero-order valence-corrected chi connectivity index (χ0v) is 12.0. The second kappa shape index (κ2) is 6.53. The molecule has 2 aromatic carbocycles. The highest BCUT2D eigenvalue weighted by atomic mass is 14.9. The van der Waals surface area contributed by atoms with Gasteiger partial charge in [0.15, 0.2) is 0 Å². The van der Waals surface area contributed by atoms with E-state index in [1.165, 1.54) is 11.1 Å². The Morgan fingerprint density at radius 1 is 0.737 bits per heavy atom. The number of hydrogen-bond donors (Lipinski definition) is 1. The average molecular weight is 253 g/mol. The first-order chi connectivity index (χ1) is 9.24. The molecule has 1 N–H and O–H groups in total. The predicted octanol–water partition coefficient (Wildman–Crippen LogP) is 4.06. The first-order valence-corrected chi connectivity index (χ1v) is 7.01. The molecule has 0 saturated carbocycles. The summed E-state index contributed by atoms with van der Waals surface area (Å²) in [6.07, 6.45) is 0. The van der Waals surface area contributed by atoms with Crippen LogP contribution >= 0.6 is 0 Å². The van der Waals surface area contributed by atoms with Gasteiger partial charge in [-0.05, 0) is 31.0 Å². The zero-order valence-electron chi connectivity index (χ0n) is 12.0. The molecule has 0 fully saturated rings. The van der Waals surface area contributed by atoms with E-state index in [0.717, 1.165) is 0 Å². The number of rotatable bonds is 5. The van der Waals surface area contributed by atoms with E-state index in [4.69, 9.17) is 0 Å². The molecule has 2 rings (SSSR count). The molecule has 0 saturated heterocycles. The highest BCUT2D eigenvalue weighted by Crippen LogP contribution is 2.33. The summed E-state index contributed by atoms with van der Waals surface area (Å²) in [6.45, 7) is 4.58. The van der Waals surface area contributed by atoms with E-state index in [0.29, 0.717) is 17.9 Å². The predicted molar refractivity (Wildman–Crippen MR) is 82.4 cm³/mol. The van der Waals surface area contributed by atoms with Crippen molar-refractivity contribution in [2.75, 3.05) is 7.05 Å². The summed E-state index contributed by atoms with van der Waals surface area (Å²) in [5, 5.41) is 3.38. The van der Waals surface area contributed by atoms with Crippen LogP contribution in [0.5, 0.6) is 0 Å². The fourth-order valence-corrected chi connectivity index (χ4v) is 2.67. The van der Waals surface area contributed by atoms with Crippen LogP contribution in [-0.2, 0) is 0 Å². The smallest absolute Gasteiger partial charge is 0.0130 e. The Balaban J connectivity index is 2.40. The maximum Gasteiger partial charge on any atom is 0.0130 e. The quantitative estimate of drug-likeness (QED) is 0.847. The Hall–Kier alpha value is -1.60. The van der Waals surface area contributed by atoms with Crippen LogP contribution in [0.2, 0.25) is 0 Å². The molecule has 0 radical (unpaired) electrons.